The van der Waals surface area contributed by atoms with Crippen LogP contribution in [0.1, 0.15) is 12.8 Å². The summed E-state index contributed by atoms with van der Waals surface area (Å²) in [6.07, 6.45) is 2.37. The van der Waals surface area contributed by atoms with Gasteiger partial charge in [-0.1, -0.05) is 18.2 Å². The van der Waals surface area contributed by atoms with Crippen molar-refractivity contribution in [1.82, 2.24) is 19.7 Å². The number of rotatable bonds is 5. The predicted molar refractivity (Wildman–Crippen MR) is 100 cm³/mol. The molecule has 1 aliphatic heterocycles. The van der Waals surface area contributed by atoms with Gasteiger partial charge >= 0.3 is 0 Å². The van der Waals surface area contributed by atoms with Crippen LogP contribution in [0.5, 0.6) is 0 Å². The van der Waals surface area contributed by atoms with Crippen LogP contribution < -0.4 is 0 Å². The lowest BCUT2D eigenvalue weighted by Crippen LogP contribution is -2.16. The summed E-state index contributed by atoms with van der Waals surface area (Å²) < 4.78 is 13.8. The maximum absolute atomic E-state index is 5.84. The third-order valence-corrected chi connectivity index (χ3v) is 6.02. The Balaban J connectivity index is 1.50. The molecule has 0 N–H and O–H groups in total. The van der Waals surface area contributed by atoms with Gasteiger partial charge < -0.3 is 9.15 Å². The van der Waals surface area contributed by atoms with Crippen LogP contribution in [0.4, 0.5) is 0 Å². The van der Waals surface area contributed by atoms with Crippen LogP contribution in [-0.2, 0) is 11.3 Å². The average molecular weight is 384 g/mol. The maximum Gasteiger partial charge on any atom is 0.264 e. The topological polar surface area (TPSA) is 66.0 Å². The van der Waals surface area contributed by atoms with E-state index in [1.54, 1.807) is 11.3 Å². The summed E-state index contributed by atoms with van der Waals surface area (Å²) in [6.45, 7) is 1.57. The summed E-state index contributed by atoms with van der Waals surface area (Å²) in [5, 5.41) is 12.2. The zero-order valence-electron chi connectivity index (χ0n) is 13.9. The number of hydrogen-bond acceptors (Lipinski definition) is 7. The van der Waals surface area contributed by atoms with Gasteiger partial charge in [0.2, 0.25) is 5.16 Å². The molecule has 0 spiro atoms. The highest BCUT2D eigenvalue weighted by molar-refractivity contribution is 7.99. The SMILES string of the molecule is c1csc(-c2nnc(Sc3nc4ccccc4o3)n2CC2CCCO2)c1. The summed E-state index contributed by atoms with van der Waals surface area (Å²) >= 11 is 3.06. The first kappa shape index (κ1) is 16.0. The van der Waals surface area contributed by atoms with Crippen molar-refractivity contribution in [3.8, 4) is 10.7 Å². The molecule has 1 atom stereocenters. The van der Waals surface area contributed by atoms with Gasteiger partial charge in [0.25, 0.3) is 5.22 Å². The molecule has 0 aliphatic carbocycles. The molecule has 26 heavy (non-hydrogen) atoms. The molecule has 0 radical (unpaired) electrons. The van der Waals surface area contributed by atoms with Crippen molar-refractivity contribution in [2.75, 3.05) is 6.61 Å². The highest BCUT2D eigenvalue weighted by Crippen LogP contribution is 2.33. The number of thiophene rings is 1. The molecule has 4 aromatic rings. The summed E-state index contributed by atoms with van der Waals surface area (Å²) in [7, 11) is 0. The van der Waals surface area contributed by atoms with Crippen LogP contribution in [-0.4, -0.2) is 32.5 Å². The monoisotopic (exact) mass is 384 g/mol. The Morgan fingerprint density at radius 1 is 1.19 bits per heavy atom. The second-order valence-electron chi connectivity index (χ2n) is 6.08. The van der Waals surface area contributed by atoms with Crippen LogP contribution in [0.15, 0.2) is 56.6 Å². The minimum atomic E-state index is 0.202. The van der Waals surface area contributed by atoms with Crippen molar-refractivity contribution in [3.05, 3.63) is 41.8 Å². The standard InChI is InChI=1S/C18H16N4O2S2/c1-2-7-14-13(6-1)19-18(24-14)26-17-21-20-16(15-8-4-10-25-15)22(17)11-12-5-3-9-23-12/h1-2,4,6-8,10,12H,3,5,9,11H2. The Bertz CT molecular complexity index is 986. The fourth-order valence-corrected chi connectivity index (χ4v) is 4.58. The van der Waals surface area contributed by atoms with E-state index < -0.39 is 0 Å². The average Bonchev–Trinajstić information content (AvgIpc) is 3.43. The lowest BCUT2D eigenvalue weighted by Gasteiger charge is -2.13. The third-order valence-electron chi connectivity index (χ3n) is 4.32. The molecule has 1 saturated heterocycles. The molecule has 8 heteroatoms. The van der Waals surface area contributed by atoms with E-state index in [2.05, 4.69) is 25.8 Å². The molecule has 132 valence electrons. The Morgan fingerprint density at radius 2 is 2.15 bits per heavy atom. The zero-order chi connectivity index (χ0) is 17.3. The van der Waals surface area contributed by atoms with Crippen LogP contribution in [0.25, 0.3) is 21.8 Å². The molecule has 5 rings (SSSR count). The van der Waals surface area contributed by atoms with Crippen molar-refractivity contribution in [2.24, 2.45) is 0 Å². The van der Waals surface area contributed by atoms with E-state index in [0.29, 0.717) is 5.22 Å². The molecule has 0 saturated carbocycles. The van der Waals surface area contributed by atoms with Gasteiger partial charge in [-0.3, -0.25) is 4.57 Å². The van der Waals surface area contributed by atoms with E-state index in [0.717, 1.165) is 53.0 Å². The Hall–Kier alpha value is -2.16. The molecule has 1 fully saturated rings. The first-order chi connectivity index (χ1) is 12.9. The van der Waals surface area contributed by atoms with E-state index in [9.17, 15) is 0 Å². The maximum atomic E-state index is 5.84. The van der Waals surface area contributed by atoms with Gasteiger partial charge in [0.15, 0.2) is 11.4 Å². The highest BCUT2D eigenvalue weighted by Gasteiger charge is 2.23. The number of aromatic nitrogens is 4. The Morgan fingerprint density at radius 3 is 2.96 bits per heavy atom. The van der Waals surface area contributed by atoms with Crippen molar-refractivity contribution in [3.63, 3.8) is 0 Å². The molecule has 1 aliphatic rings. The molecule has 3 aromatic heterocycles. The van der Waals surface area contributed by atoms with E-state index >= 15 is 0 Å². The van der Waals surface area contributed by atoms with Crippen LogP contribution >= 0.6 is 23.1 Å². The van der Waals surface area contributed by atoms with Crippen LogP contribution in [0, 0.1) is 0 Å². The molecular formula is C18H16N4O2S2. The smallest absolute Gasteiger partial charge is 0.264 e. The third kappa shape index (κ3) is 3.04. The second-order valence-corrected chi connectivity index (χ2v) is 7.94. The van der Waals surface area contributed by atoms with Crippen molar-refractivity contribution in [2.45, 2.75) is 35.9 Å². The highest BCUT2D eigenvalue weighted by atomic mass is 32.2. The molecule has 4 heterocycles. The Labute approximate surface area is 158 Å². The van der Waals surface area contributed by atoms with Gasteiger partial charge in [0, 0.05) is 18.4 Å². The van der Waals surface area contributed by atoms with Crippen molar-refractivity contribution in [1.29, 1.82) is 0 Å². The summed E-state index contributed by atoms with van der Waals surface area (Å²) in [5.41, 5.74) is 1.62. The number of benzene rings is 1. The van der Waals surface area contributed by atoms with Crippen molar-refractivity contribution < 1.29 is 9.15 Å². The minimum absolute atomic E-state index is 0.202. The van der Waals surface area contributed by atoms with Gasteiger partial charge in [0.1, 0.15) is 5.52 Å². The number of ether oxygens (including phenoxy) is 1. The van der Waals surface area contributed by atoms with Gasteiger partial charge in [-0.25, -0.2) is 4.98 Å². The fourth-order valence-electron chi connectivity index (χ4n) is 3.08. The zero-order valence-corrected chi connectivity index (χ0v) is 15.5. The number of hydrogen-bond donors (Lipinski definition) is 0. The normalized spacial score (nSPS) is 17.3. The van der Waals surface area contributed by atoms with Gasteiger partial charge in [-0.05, 0) is 36.4 Å². The molecule has 0 amide bonds. The first-order valence-electron chi connectivity index (χ1n) is 8.49. The van der Waals surface area contributed by atoms with Crippen LogP contribution in [0.2, 0.25) is 0 Å². The van der Waals surface area contributed by atoms with E-state index in [1.165, 1.54) is 11.8 Å². The quantitative estimate of drug-likeness (QED) is 0.505. The number of oxazole rings is 1. The van der Waals surface area contributed by atoms with E-state index in [4.69, 9.17) is 9.15 Å². The van der Waals surface area contributed by atoms with Gasteiger partial charge in [0.05, 0.1) is 17.5 Å². The summed E-state index contributed by atoms with van der Waals surface area (Å²) in [4.78, 5) is 5.64. The molecule has 1 unspecified atom stereocenters. The largest absolute Gasteiger partial charge is 0.431 e. The van der Waals surface area contributed by atoms with E-state index in [-0.39, 0.29) is 6.10 Å². The van der Waals surface area contributed by atoms with E-state index in [1.807, 2.05) is 35.7 Å². The van der Waals surface area contributed by atoms with Crippen LogP contribution in [0.3, 0.4) is 0 Å². The summed E-state index contributed by atoms with van der Waals surface area (Å²) in [6, 6.07) is 11.8. The fraction of sp³-hybridized carbons (Fsp3) is 0.278. The number of nitrogens with zero attached hydrogens (tertiary/aromatic N) is 4. The van der Waals surface area contributed by atoms with Gasteiger partial charge in [-0.2, -0.15) is 0 Å². The second kappa shape index (κ2) is 6.86. The number of para-hydroxylation sites is 2. The molecule has 1 aromatic carbocycles. The van der Waals surface area contributed by atoms with Gasteiger partial charge in [-0.15, -0.1) is 21.5 Å². The first-order valence-corrected chi connectivity index (χ1v) is 10.2. The summed E-state index contributed by atoms with van der Waals surface area (Å²) in [5.74, 6) is 0.870. The predicted octanol–water partition coefficient (Wildman–Crippen LogP) is 4.48. The number of fused-ring (bicyclic) bond motifs is 1. The van der Waals surface area contributed by atoms with Crippen molar-refractivity contribution >= 4 is 34.2 Å². The Kier molecular flexibility index (Phi) is 4.24. The molecular weight excluding hydrogens is 368 g/mol. The lowest BCUT2D eigenvalue weighted by atomic mass is 10.2. The lowest BCUT2D eigenvalue weighted by molar-refractivity contribution is 0.0953. The molecule has 6 nitrogen and oxygen atoms in total. The molecule has 0 bridgehead atoms. The minimum Gasteiger partial charge on any atom is -0.431 e.